The molecule has 19 heavy (non-hydrogen) atoms. The van der Waals surface area contributed by atoms with Crippen molar-refractivity contribution in [1.82, 2.24) is 15.1 Å². The van der Waals surface area contributed by atoms with Crippen LogP contribution in [0.5, 0.6) is 0 Å². The summed E-state index contributed by atoms with van der Waals surface area (Å²) >= 11 is 3.40. The summed E-state index contributed by atoms with van der Waals surface area (Å²) in [4.78, 5) is 12.4. The first kappa shape index (κ1) is 14.1. The molecule has 0 aliphatic rings. The third-order valence-electron chi connectivity index (χ3n) is 3.14. The molecule has 1 amide bonds. The Morgan fingerprint density at radius 3 is 2.79 bits per heavy atom. The second-order valence-corrected chi connectivity index (χ2v) is 6.06. The molecule has 0 fully saturated rings. The fraction of sp³-hybridized carbons (Fsp3) is 0.429. The maximum absolute atomic E-state index is 12.4. The lowest BCUT2D eigenvalue weighted by Gasteiger charge is -2.24. The van der Waals surface area contributed by atoms with Crippen molar-refractivity contribution in [1.29, 1.82) is 0 Å². The number of rotatable bonds is 4. The number of aromatic nitrogens is 2. The fourth-order valence-electron chi connectivity index (χ4n) is 2.05. The van der Waals surface area contributed by atoms with Crippen LogP contribution in [0.25, 0.3) is 10.9 Å². The Hall–Kier alpha value is -1.36. The van der Waals surface area contributed by atoms with E-state index in [1.807, 2.05) is 45.2 Å². The Morgan fingerprint density at radius 2 is 2.11 bits per heavy atom. The van der Waals surface area contributed by atoms with Gasteiger partial charge in [0.15, 0.2) is 5.69 Å². The van der Waals surface area contributed by atoms with Crippen LogP contribution in [-0.4, -0.2) is 26.6 Å². The zero-order valence-corrected chi connectivity index (χ0v) is 13.0. The maximum atomic E-state index is 12.4. The summed E-state index contributed by atoms with van der Waals surface area (Å²) in [6, 6.07) is 7.75. The van der Waals surface area contributed by atoms with E-state index in [4.69, 9.17) is 0 Å². The quantitative estimate of drug-likeness (QED) is 0.879. The second kappa shape index (κ2) is 5.33. The predicted octanol–water partition coefficient (Wildman–Crippen LogP) is 2.87. The highest BCUT2D eigenvalue weighted by molar-refractivity contribution is 9.09. The van der Waals surface area contributed by atoms with Gasteiger partial charge in [0.25, 0.3) is 5.91 Å². The smallest absolute Gasteiger partial charge is 0.272 e. The summed E-state index contributed by atoms with van der Waals surface area (Å²) in [6.45, 7) is 4.02. The number of hydrogen-bond acceptors (Lipinski definition) is 2. The molecule has 0 atom stereocenters. The number of hydrogen-bond donors (Lipinski definition) is 1. The molecule has 0 unspecified atom stereocenters. The third-order valence-corrected chi connectivity index (χ3v) is 3.54. The molecular formula is C14H18BrN3O. The van der Waals surface area contributed by atoms with Crippen molar-refractivity contribution in [2.45, 2.75) is 25.8 Å². The molecule has 1 heterocycles. The molecule has 0 aliphatic carbocycles. The molecule has 5 heteroatoms. The number of fused-ring (bicyclic) bond motifs is 1. The number of benzene rings is 1. The molecule has 0 saturated carbocycles. The molecule has 0 radical (unpaired) electrons. The fourth-order valence-corrected chi connectivity index (χ4v) is 3.04. The molecule has 1 N–H and O–H groups in total. The zero-order chi connectivity index (χ0) is 14.0. The number of amides is 1. The summed E-state index contributed by atoms with van der Waals surface area (Å²) < 4.78 is 1.74. The molecule has 0 saturated heterocycles. The van der Waals surface area contributed by atoms with Gasteiger partial charge in [-0.15, -0.1) is 0 Å². The van der Waals surface area contributed by atoms with Gasteiger partial charge in [0.2, 0.25) is 0 Å². The van der Waals surface area contributed by atoms with Crippen LogP contribution >= 0.6 is 15.9 Å². The van der Waals surface area contributed by atoms with Gasteiger partial charge in [0, 0.05) is 23.3 Å². The Bertz CT molecular complexity index is 604. The molecule has 1 aromatic carbocycles. The van der Waals surface area contributed by atoms with Crippen LogP contribution in [0, 0.1) is 0 Å². The van der Waals surface area contributed by atoms with Crippen LogP contribution in [0.4, 0.5) is 0 Å². The number of aryl methyl sites for hydroxylation is 1. The van der Waals surface area contributed by atoms with Crippen LogP contribution < -0.4 is 5.32 Å². The third kappa shape index (κ3) is 2.97. The average Bonchev–Trinajstić information content (AvgIpc) is 2.67. The van der Waals surface area contributed by atoms with Crippen LogP contribution in [-0.2, 0) is 7.05 Å². The lowest BCUT2D eigenvalue weighted by molar-refractivity contribution is 0.0907. The molecule has 0 spiro atoms. The number of nitrogens with zero attached hydrogens (tertiary/aromatic N) is 2. The Labute approximate surface area is 121 Å². The predicted molar refractivity (Wildman–Crippen MR) is 80.7 cm³/mol. The van der Waals surface area contributed by atoms with E-state index in [0.717, 1.165) is 22.7 Å². The van der Waals surface area contributed by atoms with Crippen LogP contribution in [0.2, 0.25) is 0 Å². The number of halogens is 1. The number of para-hydroxylation sites is 1. The number of carbonyl (C=O) groups excluding carboxylic acids is 1. The molecule has 2 aromatic rings. The molecule has 0 bridgehead atoms. The van der Waals surface area contributed by atoms with E-state index >= 15 is 0 Å². The van der Waals surface area contributed by atoms with Crippen molar-refractivity contribution in [2.75, 3.05) is 5.33 Å². The monoisotopic (exact) mass is 323 g/mol. The van der Waals surface area contributed by atoms with Gasteiger partial charge >= 0.3 is 0 Å². The Morgan fingerprint density at radius 1 is 1.42 bits per heavy atom. The average molecular weight is 324 g/mol. The largest absolute Gasteiger partial charge is 0.346 e. The van der Waals surface area contributed by atoms with E-state index in [2.05, 4.69) is 26.3 Å². The summed E-state index contributed by atoms with van der Waals surface area (Å²) in [6.07, 6.45) is 0.865. The SMILES string of the molecule is Cn1nc(C(=O)NC(C)(C)CCBr)c2ccccc21. The maximum Gasteiger partial charge on any atom is 0.272 e. The van der Waals surface area contributed by atoms with Crippen molar-refractivity contribution >= 4 is 32.7 Å². The number of alkyl halides is 1. The van der Waals surface area contributed by atoms with Gasteiger partial charge in [-0.05, 0) is 26.3 Å². The van der Waals surface area contributed by atoms with E-state index in [0.29, 0.717) is 5.69 Å². The number of nitrogens with one attached hydrogen (secondary N) is 1. The number of carbonyl (C=O) groups is 1. The standard InChI is InChI=1S/C14H18BrN3O/c1-14(2,8-9-15)16-13(19)12-10-6-4-5-7-11(10)18(3)17-12/h4-7H,8-9H2,1-3H3,(H,16,19). The minimum absolute atomic E-state index is 0.122. The van der Waals surface area contributed by atoms with E-state index < -0.39 is 0 Å². The van der Waals surface area contributed by atoms with E-state index in [9.17, 15) is 4.79 Å². The first-order chi connectivity index (χ1) is 8.94. The minimum Gasteiger partial charge on any atom is -0.346 e. The molecule has 2 rings (SSSR count). The van der Waals surface area contributed by atoms with Gasteiger partial charge in [-0.25, -0.2) is 0 Å². The Kier molecular flexibility index (Phi) is 3.94. The van der Waals surface area contributed by atoms with Crippen molar-refractivity contribution in [3.05, 3.63) is 30.0 Å². The van der Waals surface area contributed by atoms with Crippen LogP contribution in [0.3, 0.4) is 0 Å². The highest BCUT2D eigenvalue weighted by Gasteiger charge is 2.23. The highest BCUT2D eigenvalue weighted by atomic mass is 79.9. The lowest BCUT2D eigenvalue weighted by atomic mass is 10.0. The lowest BCUT2D eigenvalue weighted by Crippen LogP contribution is -2.43. The van der Waals surface area contributed by atoms with Crippen molar-refractivity contribution < 1.29 is 4.79 Å². The minimum atomic E-state index is -0.251. The van der Waals surface area contributed by atoms with Gasteiger partial charge in [-0.2, -0.15) is 5.10 Å². The topological polar surface area (TPSA) is 46.9 Å². The van der Waals surface area contributed by atoms with Gasteiger partial charge in [0.05, 0.1) is 5.52 Å². The molecule has 0 aliphatic heterocycles. The van der Waals surface area contributed by atoms with Gasteiger partial charge in [-0.3, -0.25) is 9.48 Å². The summed E-state index contributed by atoms with van der Waals surface area (Å²) in [5.41, 5.74) is 1.20. The zero-order valence-electron chi connectivity index (χ0n) is 11.4. The normalized spacial score (nSPS) is 11.8. The van der Waals surface area contributed by atoms with Crippen molar-refractivity contribution in [2.24, 2.45) is 7.05 Å². The van der Waals surface area contributed by atoms with E-state index in [-0.39, 0.29) is 11.4 Å². The van der Waals surface area contributed by atoms with Gasteiger partial charge in [0.1, 0.15) is 0 Å². The molecular weight excluding hydrogens is 306 g/mol. The Balaban J connectivity index is 2.32. The molecule has 102 valence electrons. The van der Waals surface area contributed by atoms with E-state index in [1.165, 1.54) is 0 Å². The van der Waals surface area contributed by atoms with Crippen LogP contribution in [0.1, 0.15) is 30.8 Å². The summed E-state index contributed by atoms with van der Waals surface area (Å²) in [7, 11) is 1.85. The first-order valence-electron chi connectivity index (χ1n) is 6.25. The molecule has 4 nitrogen and oxygen atoms in total. The summed E-state index contributed by atoms with van der Waals surface area (Å²) in [5.74, 6) is -0.122. The first-order valence-corrected chi connectivity index (χ1v) is 7.37. The molecule has 1 aromatic heterocycles. The van der Waals surface area contributed by atoms with Crippen molar-refractivity contribution in [3.63, 3.8) is 0 Å². The van der Waals surface area contributed by atoms with Gasteiger partial charge in [-0.1, -0.05) is 34.1 Å². The van der Waals surface area contributed by atoms with Crippen LogP contribution in [0.15, 0.2) is 24.3 Å². The highest BCUT2D eigenvalue weighted by Crippen LogP contribution is 2.19. The second-order valence-electron chi connectivity index (χ2n) is 5.27. The van der Waals surface area contributed by atoms with Crippen molar-refractivity contribution in [3.8, 4) is 0 Å². The van der Waals surface area contributed by atoms with E-state index in [1.54, 1.807) is 4.68 Å². The summed E-state index contributed by atoms with van der Waals surface area (Å²) in [5, 5.41) is 9.10. The van der Waals surface area contributed by atoms with Gasteiger partial charge < -0.3 is 5.32 Å².